The van der Waals surface area contributed by atoms with Crippen LogP contribution in [0, 0.1) is 5.92 Å². The summed E-state index contributed by atoms with van der Waals surface area (Å²) in [5.41, 5.74) is 2.06. The molecule has 0 radical (unpaired) electrons. The molecule has 26 heavy (non-hydrogen) atoms. The van der Waals surface area contributed by atoms with Gasteiger partial charge in [-0.15, -0.1) is 0 Å². The summed E-state index contributed by atoms with van der Waals surface area (Å²) in [6, 6.07) is 13.9. The SMILES string of the molecule is COc1ccc(CC2N=c3c(Cl)nc4ccc(Cl)cc4c3=CC2C)cc1. The zero-order valence-corrected chi connectivity index (χ0v) is 16.1. The van der Waals surface area contributed by atoms with E-state index in [0.29, 0.717) is 10.2 Å². The Kier molecular flexibility index (Phi) is 4.60. The molecule has 1 aliphatic heterocycles. The number of halogens is 2. The maximum absolute atomic E-state index is 6.44. The Morgan fingerprint density at radius 2 is 1.85 bits per heavy atom. The van der Waals surface area contributed by atoms with Crippen molar-refractivity contribution in [1.82, 2.24) is 4.98 Å². The molecule has 2 heterocycles. The summed E-state index contributed by atoms with van der Waals surface area (Å²) in [5.74, 6) is 1.14. The van der Waals surface area contributed by atoms with E-state index >= 15 is 0 Å². The monoisotopic (exact) mass is 384 g/mol. The molecule has 0 bridgehead atoms. The molecule has 0 fully saturated rings. The Morgan fingerprint density at radius 1 is 1.08 bits per heavy atom. The number of benzene rings is 2. The molecule has 0 aliphatic carbocycles. The average molecular weight is 385 g/mol. The molecule has 1 aliphatic rings. The standard InChI is InChI=1S/C21H18Cl2N2O/c1-12-9-17-16-11-14(22)5-8-18(16)25-21(23)20(17)24-19(12)10-13-3-6-15(26-2)7-4-13/h3-9,11-12,19H,10H2,1-2H3. The van der Waals surface area contributed by atoms with Crippen LogP contribution in [0.5, 0.6) is 5.75 Å². The Labute approximate surface area is 161 Å². The number of methoxy groups -OCH3 is 1. The van der Waals surface area contributed by atoms with Gasteiger partial charge >= 0.3 is 0 Å². The van der Waals surface area contributed by atoms with Crippen molar-refractivity contribution >= 4 is 40.2 Å². The molecular formula is C21H18Cl2N2O. The van der Waals surface area contributed by atoms with Gasteiger partial charge in [0.1, 0.15) is 11.1 Å². The predicted molar refractivity (Wildman–Crippen MR) is 107 cm³/mol. The maximum atomic E-state index is 6.44. The van der Waals surface area contributed by atoms with Crippen LogP contribution in [-0.2, 0) is 6.42 Å². The van der Waals surface area contributed by atoms with Crippen molar-refractivity contribution in [3.8, 4) is 5.75 Å². The van der Waals surface area contributed by atoms with Gasteiger partial charge in [-0.3, -0.25) is 4.99 Å². The lowest BCUT2D eigenvalue weighted by atomic mass is 9.92. The molecule has 0 N–H and O–H groups in total. The van der Waals surface area contributed by atoms with Gasteiger partial charge in [-0.1, -0.05) is 48.3 Å². The molecule has 2 aromatic carbocycles. The average Bonchev–Trinajstić information content (AvgIpc) is 2.64. The molecule has 5 heteroatoms. The topological polar surface area (TPSA) is 34.5 Å². The van der Waals surface area contributed by atoms with Crippen molar-refractivity contribution in [3.05, 3.63) is 68.8 Å². The van der Waals surface area contributed by atoms with Crippen molar-refractivity contribution in [2.24, 2.45) is 10.9 Å². The summed E-state index contributed by atoms with van der Waals surface area (Å²) >= 11 is 12.6. The largest absolute Gasteiger partial charge is 0.497 e. The summed E-state index contributed by atoms with van der Waals surface area (Å²) in [4.78, 5) is 9.44. The second-order valence-corrected chi connectivity index (χ2v) is 7.40. The molecule has 2 atom stereocenters. The van der Waals surface area contributed by atoms with Crippen LogP contribution in [-0.4, -0.2) is 18.1 Å². The van der Waals surface area contributed by atoms with Crippen molar-refractivity contribution in [3.63, 3.8) is 0 Å². The third kappa shape index (κ3) is 3.17. The quantitative estimate of drug-likeness (QED) is 0.633. The van der Waals surface area contributed by atoms with Gasteiger partial charge in [0, 0.05) is 15.6 Å². The highest BCUT2D eigenvalue weighted by Crippen LogP contribution is 2.21. The molecule has 0 spiro atoms. The highest BCUT2D eigenvalue weighted by atomic mass is 35.5. The van der Waals surface area contributed by atoms with E-state index in [1.807, 2.05) is 30.3 Å². The second-order valence-electron chi connectivity index (χ2n) is 6.60. The number of aromatic nitrogens is 1. The van der Waals surface area contributed by atoms with Gasteiger partial charge in [-0.25, -0.2) is 4.98 Å². The highest BCUT2D eigenvalue weighted by Gasteiger charge is 2.20. The van der Waals surface area contributed by atoms with E-state index in [4.69, 9.17) is 32.9 Å². The van der Waals surface area contributed by atoms with Crippen LogP contribution in [0.15, 0.2) is 47.5 Å². The van der Waals surface area contributed by atoms with E-state index in [0.717, 1.165) is 33.6 Å². The second kappa shape index (κ2) is 6.90. The number of hydrogen-bond acceptors (Lipinski definition) is 3. The fourth-order valence-electron chi connectivity index (χ4n) is 3.40. The zero-order chi connectivity index (χ0) is 18.3. The van der Waals surface area contributed by atoms with Crippen LogP contribution in [0.2, 0.25) is 10.2 Å². The normalized spacial score (nSPS) is 18.8. The first-order valence-electron chi connectivity index (χ1n) is 8.52. The van der Waals surface area contributed by atoms with Gasteiger partial charge < -0.3 is 4.74 Å². The lowest BCUT2D eigenvalue weighted by Crippen LogP contribution is -2.37. The first-order valence-corrected chi connectivity index (χ1v) is 9.28. The Hall–Kier alpha value is -2.10. The van der Waals surface area contributed by atoms with Crippen LogP contribution in [0.1, 0.15) is 12.5 Å². The van der Waals surface area contributed by atoms with Crippen molar-refractivity contribution < 1.29 is 4.74 Å². The van der Waals surface area contributed by atoms with Gasteiger partial charge in [0.05, 0.1) is 18.7 Å². The molecule has 2 unspecified atom stereocenters. The van der Waals surface area contributed by atoms with E-state index in [-0.39, 0.29) is 12.0 Å². The summed E-state index contributed by atoms with van der Waals surface area (Å²) in [6.45, 7) is 2.19. The molecular weight excluding hydrogens is 367 g/mol. The van der Waals surface area contributed by atoms with E-state index in [1.54, 1.807) is 7.11 Å². The fourth-order valence-corrected chi connectivity index (χ4v) is 3.82. The van der Waals surface area contributed by atoms with Gasteiger partial charge in [0.15, 0.2) is 5.15 Å². The number of ether oxygens (including phenoxy) is 1. The zero-order valence-electron chi connectivity index (χ0n) is 14.5. The molecule has 3 aromatic rings. The minimum atomic E-state index is 0.117. The van der Waals surface area contributed by atoms with Crippen molar-refractivity contribution in [2.75, 3.05) is 7.11 Å². The minimum absolute atomic E-state index is 0.117. The Morgan fingerprint density at radius 3 is 2.58 bits per heavy atom. The summed E-state index contributed by atoms with van der Waals surface area (Å²) in [7, 11) is 1.67. The minimum Gasteiger partial charge on any atom is -0.497 e. The van der Waals surface area contributed by atoms with E-state index in [9.17, 15) is 0 Å². The smallest absolute Gasteiger partial charge is 0.155 e. The summed E-state index contributed by atoms with van der Waals surface area (Å²) in [5, 5.41) is 3.91. The third-order valence-corrected chi connectivity index (χ3v) is 5.35. The molecule has 132 valence electrons. The number of pyridine rings is 1. The lowest BCUT2D eigenvalue weighted by Gasteiger charge is -2.21. The van der Waals surface area contributed by atoms with E-state index in [1.165, 1.54) is 5.56 Å². The van der Waals surface area contributed by atoms with Gasteiger partial charge in [-0.05, 0) is 48.2 Å². The molecule has 0 amide bonds. The van der Waals surface area contributed by atoms with Gasteiger partial charge in [-0.2, -0.15) is 0 Å². The first-order chi connectivity index (χ1) is 12.5. The molecule has 0 saturated carbocycles. The number of fused-ring (bicyclic) bond motifs is 3. The van der Waals surface area contributed by atoms with Crippen LogP contribution >= 0.6 is 23.2 Å². The summed E-state index contributed by atoms with van der Waals surface area (Å²) < 4.78 is 5.23. The fraction of sp³-hybridized carbons (Fsp3) is 0.238. The summed E-state index contributed by atoms with van der Waals surface area (Å²) in [6.07, 6.45) is 3.08. The van der Waals surface area contributed by atoms with Crippen LogP contribution < -0.4 is 15.3 Å². The Balaban J connectivity index is 1.79. The number of rotatable bonds is 3. The first kappa shape index (κ1) is 17.3. The number of hydrogen-bond donors (Lipinski definition) is 0. The van der Waals surface area contributed by atoms with Crippen molar-refractivity contribution in [1.29, 1.82) is 0 Å². The van der Waals surface area contributed by atoms with Crippen LogP contribution in [0.3, 0.4) is 0 Å². The maximum Gasteiger partial charge on any atom is 0.155 e. The van der Waals surface area contributed by atoms with E-state index in [2.05, 4.69) is 30.1 Å². The van der Waals surface area contributed by atoms with Crippen LogP contribution in [0.4, 0.5) is 0 Å². The van der Waals surface area contributed by atoms with Crippen molar-refractivity contribution in [2.45, 2.75) is 19.4 Å². The molecule has 3 nitrogen and oxygen atoms in total. The van der Waals surface area contributed by atoms with Crippen LogP contribution in [0.25, 0.3) is 17.0 Å². The Bertz CT molecular complexity index is 1090. The molecule has 4 rings (SSSR count). The number of nitrogens with zero attached hydrogens (tertiary/aromatic N) is 2. The third-order valence-electron chi connectivity index (χ3n) is 4.85. The highest BCUT2D eigenvalue weighted by molar-refractivity contribution is 6.31. The van der Waals surface area contributed by atoms with Gasteiger partial charge in [0.2, 0.25) is 0 Å². The molecule has 1 aromatic heterocycles. The van der Waals surface area contributed by atoms with E-state index < -0.39 is 0 Å². The lowest BCUT2D eigenvalue weighted by molar-refractivity contribution is 0.414. The molecule has 0 saturated heterocycles. The van der Waals surface area contributed by atoms with Gasteiger partial charge in [0.25, 0.3) is 0 Å². The predicted octanol–water partition coefficient (Wildman–Crippen LogP) is 4.21.